The zero-order chi connectivity index (χ0) is 18.1. The SMILES string of the molecule is c1cncc(-c2ccn(-c3nc(N4CCOCC4)c4ncccc4n3)n2)c1. The van der Waals surface area contributed by atoms with Crippen LogP contribution in [0, 0.1) is 0 Å². The van der Waals surface area contributed by atoms with Crippen LogP contribution in [0.5, 0.6) is 0 Å². The molecule has 0 unspecified atom stereocenters. The number of pyridine rings is 2. The molecule has 1 fully saturated rings. The smallest absolute Gasteiger partial charge is 0.253 e. The third-order valence-electron chi connectivity index (χ3n) is 4.49. The highest BCUT2D eigenvalue weighted by molar-refractivity contribution is 5.86. The minimum Gasteiger partial charge on any atom is -0.378 e. The van der Waals surface area contributed by atoms with E-state index in [0.717, 1.165) is 41.2 Å². The van der Waals surface area contributed by atoms with E-state index in [-0.39, 0.29) is 0 Å². The fourth-order valence-corrected chi connectivity index (χ4v) is 3.14. The van der Waals surface area contributed by atoms with Gasteiger partial charge in [0.05, 0.1) is 24.4 Å². The Labute approximate surface area is 155 Å². The monoisotopic (exact) mass is 359 g/mol. The second kappa shape index (κ2) is 6.73. The van der Waals surface area contributed by atoms with Crippen LogP contribution in [-0.4, -0.2) is 56.0 Å². The number of nitrogens with zero attached hydrogens (tertiary/aromatic N) is 7. The molecule has 1 saturated heterocycles. The zero-order valence-corrected chi connectivity index (χ0v) is 14.6. The van der Waals surface area contributed by atoms with Crippen molar-refractivity contribution in [2.24, 2.45) is 0 Å². The molecule has 134 valence electrons. The second-order valence-corrected chi connectivity index (χ2v) is 6.21. The fourth-order valence-electron chi connectivity index (χ4n) is 3.14. The summed E-state index contributed by atoms with van der Waals surface area (Å²) in [6, 6.07) is 9.63. The first-order valence-corrected chi connectivity index (χ1v) is 8.80. The molecule has 1 aliphatic rings. The van der Waals surface area contributed by atoms with Gasteiger partial charge in [-0.3, -0.25) is 9.97 Å². The summed E-state index contributed by atoms with van der Waals surface area (Å²) in [4.78, 5) is 20.3. The molecular weight excluding hydrogens is 342 g/mol. The predicted molar refractivity (Wildman–Crippen MR) is 101 cm³/mol. The van der Waals surface area contributed by atoms with Crippen LogP contribution in [-0.2, 0) is 4.74 Å². The normalized spacial score (nSPS) is 14.6. The molecule has 0 amide bonds. The van der Waals surface area contributed by atoms with Crippen LogP contribution in [0.3, 0.4) is 0 Å². The predicted octanol–water partition coefficient (Wildman–Crippen LogP) is 2.11. The van der Waals surface area contributed by atoms with Crippen molar-refractivity contribution in [3.05, 3.63) is 55.1 Å². The first kappa shape index (κ1) is 15.8. The Kier molecular flexibility index (Phi) is 3.95. The van der Waals surface area contributed by atoms with E-state index in [1.54, 1.807) is 23.3 Å². The summed E-state index contributed by atoms with van der Waals surface area (Å²) in [7, 11) is 0. The molecule has 5 rings (SSSR count). The van der Waals surface area contributed by atoms with Crippen molar-refractivity contribution in [3.63, 3.8) is 0 Å². The number of hydrogen-bond acceptors (Lipinski definition) is 7. The Bertz CT molecular complexity index is 1070. The molecule has 0 atom stereocenters. The average Bonchev–Trinajstić information content (AvgIpc) is 3.25. The average molecular weight is 359 g/mol. The van der Waals surface area contributed by atoms with E-state index < -0.39 is 0 Å². The molecule has 0 radical (unpaired) electrons. The topological polar surface area (TPSA) is 81.9 Å². The van der Waals surface area contributed by atoms with Crippen molar-refractivity contribution >= 4 is 16.9 Å². The van der Waals surface area contributed by atoms with E-state index in [1.165, 1.54) is 0 Å². The van der Waals surface area contributed by atoms with E-state index in [4.69, 9.17) is 9.72 Å². The molecule has 27 heavy (non-hydrogen) atoms. The third-order valence-corrected chi connectivity index (χ3v) is 4.49. The number of aromatic nitrogens is 6. The quantitative estimate of drug-likeness (QED) is 0.554. The van der Waals surface area contributed by atoms with Gasteiger partial charge in [-0.2, -0.15) is 10.1 Å². The lowest BCUT2D eigenvalue weighted by Crippen LogP contribution is -2.37. The maximum absolute atomic E-state index is 5.47. The summed E-state index contributed by atoms with van der Waals surface area (Å²) in [5.74, 6) is 1.34. The molecule has 5 heterocycles. The summed E-state index contributed by atoms with van der Waals surface area (Å²) in [6.45, 7) is 2.92. The number of ether oxygens (including phenoxy) is 1. The van der Waals surface area contributed by atoms with Gasteiger partial charge in [0.15, 0.2) is 5.82 Å². The number of hydrogen-bond donors (Lipinski definition) is 0. The summed E-state index contributed by atoms with van der Waals surface area (Å²) in [5, 5.41) is 4.63. The van der Waals surface area contributed by atoms with Crippen molar-refractivity contribution in [1.82, 2.24) is 29.7 Å². The Balaban J connectivity index is 1.60. The highest BCUT2D eigenvalue weighted by atomic mass is 16.5. The molecule has 0 spiro atoms. The first-order valence-electron chi connectivity index (χ1n) is 8.80. The summed E-state index contributed by atoms with van der Waals surface area (Å²) in [5.41, 5.74) is 3.36. The van der Waals surface area contributed by atoms with Gasteiger partial charge in [0.2, 0.25) is 0 Å². The highest BCUT2D eigenvalue weighted by Gasteiger charge is 2.19. The minimum atomic E-state index is 0.520. The van der Waals surface area contributed by atoms with Crippen molar-refractivity contribution < 1.29 is 4.74 Å². The Morgan fingerprint density at radius 2 is 1.85 bits per heavy atom. The van der Waals surface area contributed by atoms with Crippen LogP contribution in [0.25, 0.3) is 28.2 Å². The van der Waals surface area contributed by atoms with Gasteiger partial charge in [0.1, 0.15) is 5.52 Å². The van der Waals surface area contributed by atoms with Gasteiger partial charge < -0.3 is 9.64 Å². The maximum atomic E-state index is 5.47. The number of rotatable bonds is 3. The van der Waals surface area contributed by atoms with Crippen LogP contribution in [0.1, 0.15) is 0 Å². The summed E-state index contributed by atoms with van der Waals surface area (Å²) < 4.78 is 7.16. The van der Waals surface area contributed by atoms with Gasteiger partial charge in [-0.1, -0.05) is 0 Å². The summed E-state index contributed by atoms with van der Waals surface area (Å²) in [6.07, 6.45) is 7.16. The summed E-state index contributed by atoms with van der Waals surface area (Å²) >= 11 is 0. The van der Waals surface area contributed by atoms with E-state index >= 15 is 0 Å². The van der Waals surface area contributed by atoms with Gasteiger partial charge in [0.25, 0.3) is 5.95 Å². The molecule has 8 nitrogen and oxygen atoms in total. The molecule has 4 aromatic heterocycles. The Morgan fingerprint density at radius 3 is 2.70 bits per heavy atom. The molecule has 4 aromatic rings. The van der Waals surface area contributed by atoms with Crippen LogP contribution in [0.4, 0.5) is 5.82 Å². The lowest BCUT2D eigenvalue weighted by Gasteiger charge is -2.28. The third kappa shape index (κ3) is 3.00. The van der Waals surface area contributed by atoms with Gasteiger partial charge >= 0.3 is 0 Å². The molecule has 0 saturated carbocycles. The van der Waals surface area contributed by atoms with Gasteiger partial charge in [0, 0.05) is 43.4 Å². The largest absolute Gasteiger partial charge is 0.378 e. The highest BCUT2D eigenvalue weighted by Crippen LogP contribution is 2.24. The van der Waals surface area contributed by atoms with Crippen molar-refractivity contribution in [2.75, 3.05) is 31.2 Å². The van der Waals surface area contributed by atoms with Crippen molar-refractivity contribution in [3.8, 4) is 17.2 Å². The maximum Gasteiger partial charge on any atom is 0.253 e. The second-order valence-electron chi connectivity index (χ2n) is 6.21. The van der Waals surface area contributed by atoms with Crippen LogP contribution >= 0.6 is 0 Å². The minimum absolute atomic E-state index is 0.520. The van der Waals surface area contributed by atoms with Gasteiger partial charge in [-0.05, 0) is 30.3 Å². The molecule has 0 aromatic carbocycles. The number of fused-ring (bicyclic) bond motifs is 1. The van der Waals surface area contributed by atoms with Crippen molar-refractivity contribution in [1.29, 1.82) is 0 Å². The lowest BCUT2D eigenvalue weighted by atomic mass is 10.2. The zero-order valence-electron chi connectivity index (χ0n) is 14.6. The van der Waals surface area contributed by atoms with E-state index in [9.17, 15) is 0 Å². The molecule has 8 heteroatoms. The standard InChI is InChI=1S/C19H17N7O/c1-3-14(13-20-6-1)15-5-8-26(24-15)19-22-16-4-2-7-21-17(16)18(23-19)25-9-11-27-12-10-25/h1-8,13H,9-12H2. The van der Waals surface area contributed by atoms with Crippen molar-refractivity contribution in [2.45, 2.75) is 0 Å². The lowest BCUT2D eigenvalue weighted by molar-refractivity contribution is 0.122. The molecule has 0 bridgehead atoms. The Hall–Kier alpha value is -3.39. The number of morpholine rings is 1. The van der Waals surface area contributed by atoms with E-state index in [1.807, 2.05) is 36.5 Å². The molecule has 1 aliphatic heterocycles. The van der Waals surface area contributed by atoms with E-state index in [2.05, 4.69) is 25.0 Å². The first-order chi connectivity index (χ1) is 13.4. The Morgan fingerprint density at radius 1 is 0.963 bits per heavy atom. The number of anilines is 1. The van der Waals surface area contributed by atoms with E-state index in [0.29, 0.717) is 19.2 Å². The molecule has 0 N–H and O–H groups in total. The van der Waals surface area contributed by atoms with Crippen LogP contribution < -0.4 is 4.90 Å². The molecule has 0 aliphatic carbocycles. The van der Waals surface area contributed by atoms with Crippen LogP contribution in [0.15, 0.2) is 55.1 Å². The van der Waals surface area contributed by atoms with Crippen LogP contribution in [0.2, 0.25) is 0 Å². The van der Waals surface area contributed by atoms with Gasteiger partial charge in [-0.15, -0.1) is 0 Å². The van der Waals surface area contributed by atoms with Gasteiger partial charge in [-0.25, -0.2) is 9.67 Å². The molecular formula is C19H17N7O. The fraction of sp³-hybridized carbons (Fsp3) is 0.211.